The summed E-state index contributed by atoms with van der Waals surface area (Å²) in [5.74, 6) is 0.0179. The molecule has 228 valence electrons. The van der Waals surface area contributed by atoms with Gasteiger partial charge in [-0.3, -0.25) is 14.4 Å². The number of piperazine rings is 1. The lowest BCUT2D eigenvalue weighted by Gasteiger charge is -2.39. The van der Waals surface area contributed by atoms with Crippen LogP contribution in [0.25, 0.3) is 0 Å². The molecule has 1 aromatic heterocycles. The summed E-state index contributed by atoms with van der Waals surface area (Å²) >= 11 is 0. The van der Waals surface area contributed by atoms with Gasteiger partial charge in [0.1, 0.15) is 5.76 Å². The molecule has 2 saturated heterocycles. The number of carbonyl (C=O) groups is 3. The highest BCUT2D eigenvalue weighted by Crippen LogP contribution is 2.37. The Balaban J connectivity index is 1.30. The van der Waals surface area contributed by atoms with Crippen LogP contribution >= 0.6 is 0 Å². The van der Waals surface area contributed by atoms with Crippen LogP contribution in [0.3, 0.4) is 0 Å². The Morgan fingerprint density at radius 3 is 2.28 bits per heavy atom. The summed E-state index contributed by atoms with van der Waals surface area (Å²) < 4.78 is 46.3. The molecule has 0 bridgehead atoms. The van der Waals surface area contributed by atoms with E-state index in [9.17, 15) is 27.6 Å². The number of anilines is 3. The number of para-hydroxylation sites is 1. The Labute approximate surface area is 247 Å². The summed E-state index contributed by atoms with van der Waals surface area (Å²) in [7, 11) is 0. The molecule has 2 aliphatic rings. The fourth-order valence-corrected chi connectivity index (χ4v) is 5.49. The Morgan fingerprint density at radius 2 is 1.63 bits per heavy atom. The van der Waals surface area contributed by atoms with Crippen molar-refractivity contribution in [2.45, 2.75) is 32.4 Å². The van der Waals surface area contributed by atoms with Gasteiger partial charge in [-0.1, -0.05) is 12.1 Å². The van der Waals surface area contributed by atoms with Crippen LogP contribution in [0.2, 0.25) is 0 Å². The Bertz CT molecular complexity index is 1480. The molecule has 43 heavy (non-hydrogen) atoms. The van der Waals surface area contributed by atoms with Gasteiger partial charge in [0.05, 0.1) is 16.9 Å². The molecule has 0 saturated carbocycles. The van der Waals surface area contributed by atoms with E-state index in [0.717, 1.165) is 19.0 Å². The highest BCUT2D eigenvalue weighted by atomic mass is 19.4. The fourth-order valence-electron chi connectivity index (χ4n) is 5.49. The van der Waals surface area contributed by atoms with Crippen molar-refractivity contribution < 1.29 is 32.0 Å². The molecule has 2 fully saturated rings. The number of amides is 3. The number of hydrogen-bond acceptors (Lipinski definition) is 6. The Kier molecular flexibility index (Phi) is 8.93. The summed E-state index contributed by atoms with van der Waals surface area (Å²) in [6.45, 7) is 4.91. The van der Waals surface area contributed by atoms with Crippen LogP contribution in [0.4, 0.5) is 30.2 Å². The van der Waals surface area contributed by atoms with Crippen molar-refractivity contribution in [2.75, 3.05) is 60.9 Å². The largest absolute Gasteiger partial charge is 0.456 e. The number of nitrogens with one attached hydrogen (secondary N) is 2. The molecule has 3 aromatic rings. The molecule has 0 atom stereocenters. The van der Waals surface area contributed by atoms with Crippen LogP contribution in [-0.2, 0) is 11.0 Å². The van der Waals surface area contributed by atoms with Gasteiger partial charge in [-0.25, -0.2) is 0 Å². The lowest BCUT2D eigenvalue weighted by atomic mass is 10.1. The van der Waals surface area contributed by atoms with Crippen molar-refractivity contribution in [3.8, 4) is 0 Å². The minimum Gasteiger partial charge on any atom is -0.456 e. The van der Waals surface area contributed by atoms with E-state index in [0.29, 0.717) is 74.8 Å². The lowest BCUT2D eigenvalue weighted by molar-refractivity contribution is -0.137. The van der Waals surface area contributed by atoms with Gasteiger partial charge in [0.2, 0.25) is 5.91 Å². The second-order valence-corrected chi connectivity index (χ2v) is 10.7. The van der Waals surface area contributed by atoms with Crippen molar-refractivity contribution in [2.24, 2.45) is 0 Å². The maximum atomic E-state index is 13.6. The average molecular weight is 598 g/mol. The van der Waals surface area contributed by atoms with Gasteiger partial charge in [0.25, 0.3) is 11.8 Å². The third kappa shape index (κ3) is 7.12. The van der Waals surface area contributed by atoms with Crippen LogP contribution in [0.15, 0.2) is 59.0 Å². The molecule has 2 aromatic carbocycles. The predicted octanol–water partition coefficient (Wildman–Crippen LogP) is 4.93. The van der Waals surface area contributed by atoms with Gasteiger partial charge in [-0.2, -0.15) is 13.2 Å². The zero-order valence-electron chi connectivity index (χ0n) is 23.9. The number of hydrogen-bond donors (Lipinski definition) is 2. The van der Waals surface area contributed by atoms with E-state index in [-0.39, 0.29) is 23.3 Å². The Morgan fingerprint density at radius 1 is 0.907 bits per heavy atom. The first-order chi connectivity index (χ1) is 20.6. The number of furan rings is 1. The molecule has 5 rings (SSSR count). The predicted molar refractivity (Wildman–Crippen MR) is 156 cm³/mol. The molecule has 3 heterocycles. The fraction of sp³-hybridized carbons (Fsp3) is 0.387. The molecule has 9 nitrogen and oxygen atoms in total. The molecule has 12 heteroatoms. The van der Waals surface area contributed by atoms with Crippen molar-refractivity contribution >= 4 is 34.8 Å². The highest BCUT2D eigenvalue weighted by molar-refractivity contribution is 6.05. The molecule has 2 N–H and O–H groups in total. The smallest absolute Gasteiger partial charge is 0.418 e. The minimum atomic E-state index is -4.46. The van der Waals surface area contributed by atoms with Crippen LogP contribution in [0.5, 0.6) is 0 Å². The quantitative estimate of drug-likeness (QED) is 0.340. The van der Waals surface area contributed by atoms with Gasteiger partial charge in [0.15, 0.2) is 5.76 Å². The molecular weight excluding hydrogens is 563 g/mol. The van der Waals surface area contributed by atoms with Crippen molar-refractivity contribution in [1.29, 1.82) is 0 Å². The number of alkyl halides is 3. The van der Waals surface area contributed by atoms with Crippen molar-refractivity contribution in [1.82, 2.24) is 10.2 Å². The van der Waals surface area contributed by atoms with E-state index in [1.165, 1.54) is 12.1 Å². The maximum Gasteiger partial charge on any atom is 0.418 e. The van der Waals surface area contributed by atoms with Crippen molar-refractivity contribution in [3.63, 3.8) is 0 Å². The van der Waals surface area contributed by atoms with E-state index in [1.54, 1.807) is 53.1 Å². The molecular formula is C31H34F3N5O4. The van der Waals surface area contributed by atoms with Gasteiger partial charge in [-0.15, -0.1) is 0 Å². The molecule has 0 spiro atoms. The first kappa shape index (κ1) is 30.0. The normalized spacial score (nSPS) is 15.6. The molecule has 0 aliphatic carbocycles. The number of nitrogens with zero attached hydrogens (tertiary/aromatic N) is 3. The molecule has 2 aliphatic heterocycles. The van der Waals surface area contributed by atoms with Gasteiger partial charge in [0, 0.05) is 63.5 Å². The van der Waals surface area contributed by atoms with Crippen LogP contribution in [0, 0.1) is 6.92 Å². The molecule has 0 radical (unpaired) electrons. The SMILES string of the molecule is Cc1ccc(C(=O)Nc2cc(C(=O)NCCCN3CCCC3=O)ccc2N2CCN(c3ccccc3C(F)(F)F)CC2)o1. The standard InChI is InChI=1S/C31H34F3N5O4/c1-21-9-12-27(43-21)30(42)36-24-20-22(29(41)35-13-5-15-39-14-4-8-28(39)40)10-11-26(24)38-18-16-37(17-19-38)25-7-3-2-6-23(25)31(32,33)34/h2-3,6-7,9-12,20H,4-5,8,13-19H2,1H3,(H,35,41)(H,36,42). The van der Waals surface area contributed by atoms with Gasteiger partial charge in [-0.05, 0) is 62.2 Å². The Hall–Kier alpha value is -4.48. The maximum absolute atomic E-state index is 13.6. The van der Waals surface area contributed by atoms with E-state index < -0.39 is 17.6 Å². The van der Waals surface area contributed by atoms with Gasteiger partial charge < -0.3 is 29.8 Å². The summed E-state index contributed by atoms with van der Waals surface area (Å²) in [6, 6.07) is 13.8. The van der Waals surface area contributed by atoms with Crippen LogP contribution < -0.4 is 20.4 Å². The zero-order chi connectivity index (χ0) is 30.6. The number of likely N-dealkylation sites (tertiary alicyclic amines) is 1. The highest BCUT2D eigenvalue weighted by Gasteiger charge is 2.35. The minimum absolute atomic E-state index is 0.114. The summed E-state index contributed by atoms with van der Waals surface area (Å²) in [5, 5.41) is 5.73. The molecule has 0 unspecified atom stereocenters. The summed E-state index contributed by atoms with van der Waals surface area (Å²) in [5.41, 5.74) is 0.831. The number of benzene rings is 2. The monoisotopic (exact) mass is 597 g/mol. The van der Waals surface area contributed by atoms with E-state index >= 15 is 0 Å². The summed E-state index contributed by atoms with van der Waals surface area (Å²) in [6.07, 6.45) is -2.41. The van der Waals surface area contributed by atoms with Gasteiger partial charge >= 0.3 is 6.18 Å². The number of halogens is 3. The summed E-state index contributed by atoms with van der Waals surface area (Å²) in [4.78, 5) is 43.3. The second-order valence-electron chi connectivity index (χ2n) is 10.7. The second kappa shape index (κ2) is 12.8. The van der Waals surface area contributed by atoms with Crippen LogP contribution in [0.1, 0.15) is 51.5 Å². The number of carbonyl (C=O) groups excluding carboxylic acids is 3. The molecule has 3 amide bonds. The van der Waals surface area contributed by atoms with Crippen molar-refractivity contribution in [3.05, 3.63) is 77.2 Å². The first-order valence-electron chi connectivity index (χ1n) is 14.3. The number of rotatable bonds is 9. The zero-order valence-corrected chi connectivity index (χ0v) is 23.9. The average Bonchev–Trinajstić information content (AvgIpc) is 3.62. The number of aryl methyl sites for hydroxylation is 1. The lowest BCUT2D eigenvalue weighted by Crippen LogP contribution is -2.47. The third-order valence-electron chi connectivity index (χ3n) is 7.70. The van der Waals surface area contributed by atoms with E-state index in [1.807, 2.05) is 4.90 Å². The topological polar surface area (TPSA) is 98.1 Å². The third-order valence-corrected chi connectivity index (χ3v) is 7.70. The van der Waals surface area contributed by atoms with E-state index in [2.05, 4.69) is 10.6 Å². The van der Waals surface area contributed by atoms with Crippen LogP contribution in [-0.4, -0.2) is 68.4 Å². The van der Waals surface area contributed by atoms with E-state index in [4.69, 9.17) is 4.42 Å². The first-order valence-corrected chi connectivity index (χ1v) is 14.3.